The van der Waals surface area contributed by atoms with Crippen molar-refractivity contribution in [1.29, 1.82) is 0 Å². The SMILES string of the molecule is C=Cc1cccc([Si](OC)(OC)c2ccccc2)c1. The topological polar surface area (TPSA) is 18.5 Å². The van der Waals surface area contributed by atoms with Crippen molar-refractivity contribution < 1.29 is 8.85 Å². The molecule has 2 rings (SSSR count). The zero-order valence-electron chi connectivity index (χ0n) is 11.3. The van der Waals surface area contributed by atoms with Gasteiger partial charge < -0.3 is 8.85 Å². The second-order valence-corrected chi connectivity index (χ2v) is 7.42. The Labute approximate surface area is 115 Å². The van der Waals surface area contributed by atoms with Crippen molar-refractivity contribution in [2.24, 2.45) is 0 Å². The highest BCUT2D eigenvalue weighted by molar-refractivity contribution is 6.92. The molecule has 0 saturated carbocycles. The number of rotatable bonds is 5. The largest absolute Gasteiger partial charge is 0.406 e. The average molecular weight is 270 g/mol. The van der Waals surface area contributed by atoms with Gasteiger partial charge in [-0.3, -0.25) is 0 Å². The van der Waals surface area contributed by atoms with Gasteiger partial charge in [-0.05, 0) is 15.9 Å². The van der Waals surface area contributed by atoms with Gasteiger partial charge in [-0.25, -0.2) is 0 Å². The summed E-state index contributed by atoms with van der Waals surface area (Å²) in [7, 11) is 0.832. The van der Waals surface area contributed by atoms with Gasteiger partial charge in [-0.15, -0.1) is 0 Å². The normalized spacial score (nSPS) is 11.3. The Bertz CT molecular complexity index is 548. The van der Waals surface area contributed by atoms with Crippen LogP contribution in [0.3, 0.4) is 0 Å². The maximum absolute atomic E-state index is 5.84. The number of hydrogen-bond donors (Lipinski definition) is 0. The first kappa shape index (κ1) is 13.7. The average Bonchev–Trinajstić information content (AvgIpc) is 2.50. The molecular weight excluding hydrogens is 252 g/mol. The lowest BCUT2D eigenvalue weighted by Gasteiger charge is -2.28. The molecule has 19 heavy (non-hydrogen) atoms. The molecule has 0 heterocycles. The summed E-state index contributed by atoms with van der Waals surface area (Å²) in [6, 6.07) is 18.3. The first-order valence-corrected chi connectivity index (χ1v) is 7.97. The van der Waals surface area contributed by atoms with Crippen LogP contribution >= 0.6 is 0 Å². The number of benzene rings is 2. The fraction of sp³-hybridized carbons (Fsp3) is 0.125. The monoisotopic (exact) mass is 270 g/mol. The lowest BCUT2D eigenvalue weighted by atomic mass is 10.2. The van der Waals surface area contributed by atoms with Crippen LogP contribution in [-0.2, 0) is 8.85 Å². The minimum absolute atomic E-state index is 1.07. The van der Waals surface area contributed by atoms with Crippen molar-refractivity contribution >= 4 is 25.0 Å². The zero-order valence-corrected chi connectivity index (χ0v) is 12.3. The lowest BCUT2D eigenvalue weighted by molar-refractivity contribution is 0.272. The first-order valence-electron chi connectivity index (χ1n) is 6.15. The van der Waals surface area contributed by atoms with Gasteiger partial charge in [0.1, 0.15) is 0 Å². The molecule has 2 nitrogen and oxygen atoms in total. The Balaban J connectivity index is 2.58. The molecule has 0 amide bonds. The van der Waals surface area contributed by atoms with Gasteiger partial charge in [0.15, 0.2) is 0 Å². The van der Waals surface area contributed by atoms with Crippen molar-refractivity contribution in [3.8, 4) is 0 Å². The molecule has 98 valence electrons. The van der Waals surface area contributed by atoms with Crippen LogP contribution in [0.15, 0.2) is 61.2 Å². The Morgan fingerprint density at radius 1 is 0.895 bits per heavy atom. The van der Waals surface area contributed by atoms with E-state index in [0.717, 1.165) is 15.9 Å². The quantitative estimate of drug-likeness (QED) is 0.775. The van der Waals surface area contributed by atoms with E-state index in [-0.39, 0.29) is 0 Å². The van der Waals surface area contributed by atoms with Crippen LogP contribution in [0.2, 0.25) is 0 Å². The third kappa shape index (κ3) is 2.54. The summed E-state index contributed by atoms with van der Waals surface area (Å²) in [5, 5.41) is 2.18. The third-order valence-corrected chi connectivity index (χ3v) is 6.55. The van der Waals surface area contributed by atoms with Gasteiger partial charge in [-0.1, -0.05) is 67.3 Å². The molecule has 2 aromatic carbocycles. The van der Waals surface area contributed by atoms with Crippen LogP contribution in [0.5, 0.6) is 0 Å². The van der Waals surface area contributed by atoms with E-state index in [0.29, 0.717) is 0 Å². The van der Waals surface area contributed by atoms with Crippen molar-refractivity contribution in [3.63, 3.8) is 0 Å². The Morgan fingerprint density at radius 2 is 1.53 bits per heavy atom. The van der Waals surface area contributed by atoms with Gasteiger partial charge in [-0.2, -0.15) is 0 Å². The summed E-state index contributed by atoms with van der Waals surface area (Å²) in [5.41, 5.74) is 1.07. The highest BCUT2D eigenvalue weighted by Gasteiger charge is 2.40. The minimum Gasteiger partial charge on any atom is -0.391 e. The molecule has 0 aliphatic carbocycles. The Hall–Kier alpha value is -1.68. The van der Waals surface area contributed by atoms with Crippen LogP contribution in [-0.4, -0.2) is 22.8 Å². The minimum atomic E-state index is -2.59. The fourth-order valence-electron chi connectivity index (χ4n) is 2.25. The van der Waals surface area contributed by atoms with E-state index in [1.165, 1.54) is 0 Å². The summed E-state index contributed by atoms with van der Waals surface area (Å²) in [5.74, 6) is 0. The molecule has 0 aliphatic rings. The van der Waals surface area contributed by atoms with E-state index in [1.54, 1.807) is 14.2 Å². The first-order chi connectivity index (χ1) is 9.26. The van der Waals surface area contributed by atoms with Crippen molar-refractivity contribution in [2.75, 3.05) is 14.2 Å². The van der Waals surface area contributed by atoms with Crippen LogP contribution in [0.25, 0.3) is 6.08 Å². The second kappa shape index (κ2) is 5.97. The highest BCUT2D eigenvalue weighted by Crippen LogP contribution is 2.09. The van der Waals surface area contributed by atoms with Gasteiger partial charge >= 0.3 is 8.56 Å². The van der Waals surface area contributed by atoms with E-state index in [4.69, 9.17) is 8.85 Å². The molecule has 0 radical (unpaired) electrons. The maximum Gasteiger partial charge on any atom is 0.406 e. The Morgan fingerprint density at radius 3 is 2.11 bits per heavy atom. The molecule has 0 aromatic heterocycles. The summed E-state index contributed by atoms with van der Waals surface area (Å²) in [6.45, 7) is 3.81. The van der Waals surface area contributed by atoms with E-state index in [1.807, 2.05) is 36.4 Å². The predicted octanol–water partition coefficient (Wildman–Crippen LogP) is 2.18. The summed E-state index contributed by atoms with van der Waals surface area (Å²) in [4.78, 5) is 0. The molecule has 0 aliphatic heterocycles. The summed E-state index contributed by atoms with van der Waals surface area (Å²) >= 11 is 0. The molecule has 3 heteroatoms. The molecule has 0 atom stereocenters. The molecule has 2 aromatic rings. The Kier molecular flexibility index (Phi) is 4.32. The molecule has 0 unspecified atom stereocenters. The molecule has 0 spiro atoms. The highest BCUT2D eigenvalue weighted by atomic mass is 28.4. The van der Waals surface area contributed by atoms with Crippen LogP contribution in [0.4, 0.5) is 0 Å². The number of hydrogen-bond acceptors (Lipinski definition) is 2. The predicted molar refractivity (Wildman–Crippen MR) is 82.0 cm³/mol. The van der Waals surface area contributed by atoms with E-state index >= 15 is 0 Å². The van der Waals surface area contributed by atoms with Gasteiger partial charge in [0, 0.05) is 14.2 Å². The molecule has 0 bridgehead atoms. The van der Waals surface area contributed by atoms with E-state index < -0.39 is 8.56 Å². The molecule has 0 saturated heterocycles. The lowest BCUT2D eigenvalue weighted by Crippen LogP contribution is -2.62. The van der Waals surface area contributed by atoms with Crippen LogP contribution in [0, 0.1) is 0 Å². The standard InChI is InChI=1S/C16H18O2Si/c1-4-14-9-8-12-16(13-14)19(17-2,18-3)15-10-6-5-7-11-15/h4-13H,1H2,2-3H3. The van der Waals surface area contributed by atoms with Crippen LogP contribution < -0.4 is 10.4 Å². The van der Waals surface area contributed by atoms with E-state index in [2.05, 4.69) is 30.8 Å². The zero-order chi connectivity index (χ0) is 13.7. The maximum atomic E-state index is 5.84. The van der Waals surface area contributed by atoms with Crippen LogP contribution in [0.1, 0.15) is 5.56 Å². The van der Waals surface area contributed by atoms with Crippen molar-refractivity contribution in [2.45, 2.75) is 0 Å². The second-order valence-electron chi connectivity index (χ2n) is 4.22. The molecule has 0 fully saturated rings. The van der Waals surface area contributed by atoms with Crippen molar-refractivity contribution in [1.82, 2.24) is 0 Å². The fourth-order valence-corrected chi connectivity index (χ4v) is 5.00. The summed E-state index contributed by atoms with van der Waals surface area (Å²) in [6.07, 6.45) is 1.83. The smallest absolute Gasteiger partial charge is 0.391 e. The summed E-state index contributed by atoms with van der Waals surface area (Å²) < 4.78 is 11.7. The van der Waals surface area contributed by atoms with Crippen molar-refractivity contribution in [3.05, 3.63) is 66.7 Å². The van der Waals surface area contributed by atoms with Gasteiger partial charge in [0.2, 0.25) is 0 Å². The molecule has 0 N–H and O–H groups in total. The molecular formula is C16H18O2Si. The van der Waals surface area contributed by atoms with E-state index in [9.17, 15) is 0 Å². The van der Waals surface area contributed by atoms with Gasteiger partial charge in [0.05, 0.1) is 0 Å². The third-order valence-electron chi connectivity index (χ3n) is 3.23. The van der Waals surface area contributed by atoms with Gasteiger partial charge in [0.25, 0.3) is 0 Å².